The molecule has 0 saturated carbocycles. The second-order valence-electron chi connectivity index (χ2n) is 4.43. The van der Waals surface area contributed by atoms with Gasteiger partial charge in [0.1, 0.15) is 5.75 Å². The number of hydrogen-bond acceptors (Lipinski definition) is 4. The molecule has 114 valence electrons. The first-order valence-corrected chi connectivity index (χ1v) is 7.00. The van der Waals surface area contributed by atoms with Gasteiger partial charge < -0.3 is 10.1 Å². The van der Waals surface area contributed by atoms with Crippen LogP contribution in [0.2, 0.25) is 5.02 Å². The fourth-order valence-electron chi connectivity index (χ4n) is 1.66. The Balaban J connectivity index is 1.76. The van der Waals surface area contributed by atoms with Crippen molar-refractivity contribution in [2.45, 2.75) is 0 Å². The Bertz CT molecular complexity index is 639. The number of halogens is 1. The van der Waals surface area contributed by atoms with Gasteiger partial charge in [-0.1, -0.05) is 11.6 Å². The van der Waals surface area contributed by atoms with Gasteiger partial charge in [-0.25, -0.2) is 5.43 Å². The summed E-state index contributed by atoms with van der Waals surface area (Å²) in [5, 5.41) is 7.52. The lowest BCUT2D eigenvalue weighted by molar-refractivity contribution is -0.119. The van der Waals surface area contributed by atoms with Crippen LogP contribution in [0.3, 0.4) is 0 Å². The monoisotopic (exact) mass is 317 g/mol. The summed E-state index contributed by atoms with van der Waals surface area (Å²) < 4.78 is 5.06. The molecule has 0 aromatic heterocycles. The number of ether oxygens (including phenoxy) is 1. The van der Waals surface area contributed by atoms with Gasteiger partial charge in [-0.2, -0.15) is 5.10 Å². The Morgan fingerprint density at radius 3 is 2.50 bits per heavy atom. The van der Waals surface area contributed by atoms with E-state index < -0.39 is 0 Å². The minimum atomic E-state index is -0.236. The molecule has 0 spiro atoms. The molecule has 22 heavy (non-hydrogen) atoms. The molecular formula is C16H16ClN3O2. The van der Waals surface area contributed by atoms with Crippen LogP contribution in [0.5, 0.6) is 5.75 Å². The zero-order chi connectivity index (χ0) is 15.8. The number of nitrogens with one attached hydrogen (secondary N) is 2. The van der Waals surface area contributed by atoms with E-state index in [4.69, 9.17) is 16.3 Å². The van der Waals surface area contributed by atoms with Gasteiger partial charge in [-0.05, 0) is 54.1 Å². The number of hydrogen-bond donors (Lipinski definition) is 2. The first-order valence-electron chi connectivity index (χ1n) is 6.63. The third-order valence-corrected chi connectivity index (χ3v) is 3.07. The Labute approximate surface area is 133 Å². The molecular weight excluding hydrogens is 302 g/mol. The van der Waals surface area contributed by atoms with Crippen LogP contribution in [0.25, 0.3) is 0 Å². The van der Waals surface area contributed by atoms with Crippen molar-refractivity contribution in [3.63, 3.8) is 0 Å². The molecule has 2 rings (SSSR count). The van der Waals surface area contributed by atoms with Gasteiger partial charge in [0.05, 0.1) is 19.9 Å². The molecule has 2 aromatic rings. The lowest BCUT2D eigenvalue weighted by Gasteiger charge is -2.05. The smallest absolute Gasteiger partial charge is 0.259 e. The average Bonchev–Trinajstić information content (AvgIpc) is 2.55. The summed E-state index contributed by atoms with van der Waals surface area (Å²) in [5.41, 5.74) is 4.14. The van der Waals surface area contributed by atoms with Crippen molar-refractivity contribution >= 4 is 29.4 Å². The molecule has 6 heteroatoms. The molecule has 0 saturated heterocycles. The summed E-state index contributed by atoms with van der Waals surface area (Å²) in [6.07, 6.45) is 1.57. The topological polar surface area (TPSA) is 62.7 Å². The second-order valence-corrected chi connectivity index (χ2v) is 4.86. The van der Waals surface area contributed by atoms with Crippen LogP contribution in [0.4, 0.5) is 5.69 Å². The van der Waals surface area contributed by atoms with Crippen molar-refractivity contribution in [3.8, 4) is 5.75 Å². The molecule has 0 unspecified atom stereocenters. The maximum absolute atomic E-state index is 11.6. The third-order valence-electron chi connectivity index (χ3n) is 2.82. The first kappa shape index (κ1) is 15.9. The fourth-order valence-corrected chi connectivity index (χ4v) is 1.78. The highest BCUT2D eigenvalue weighted by Crippen LogP contribution is 2.12. The van der Waals surface area contributed by atoms with Crippen molar-refractivity contribution in [3.05, 3.63) is 59.1 Å². The minimum Gasteiger partial charge on any atom is -0.497 e. The Kier molecular flexibility index (Phi) is 5.80. The summed E-state index contributed by atoms with van der Waals surface area (Å²) >= 11 is 5.79. The lowest BCUT2D eigenvalue weighted by atomic mass is 10.2. The van der Waals surface area contributed by atoms with E-state index in [1.165, 1.54) is 0 Å². The summed E-state index contributed by atoms with van der Waals surface area (Å²) in [7, 11) is 1.61. The van der Waals surface area contributed by atoms with E-state index >= 15 is 0 Å². The number of anilines is 1. The zero-order valence-corrected chi connectivity index (χ0v) is 12.8. The van der Waals surface area contributed by atoms with Crippen LogP contribution in [-0.4, -0.2) is 25.8 Å². The molecule has 0 fully saturated rings. The van der Waals surface area contributed by atoms with Crippen LogP contribution >= 0.6 is 11.6 Å². The van der Waals surface area contributed by atoms with Gasteiger partial charge in [-0.15, -0.1) is 0 Å². The van der Waals surface area contributed by atoms with Gasteiger partial charge in [0.25, 0.3) is 5.91 Å². The molecule has 1 amide bonds. The summed E-state index contributed by atoms with van der Waals surface area (Å²) in [6, 6.07) is 14.5. The van der Waals surface area contributed by atoms with Gasteiger partial charge in [0, 0.05) is 10.7 Å². The van der Waals surface area contributed by atoms with E-state index in [1.807, 2.05) is 24.3 Å². The third kappa shape index (κ3) is 5.10. The molecule has 5 nitrogen and oxygen atoms in total. The number of carbonyl (C=O) groups excluding carboxylic acids is 1. The number of carbonyl (C=O) groups is 1. The molecule has 2 N–H and O–H groups in total. The quantitative estimate of drug-likeness (QED) is 0.636. The number of benzene rings is 2. The molecule has 0 radical (unpaired) electrons. The molecule has 0 aliphatic rings. The fraction of sp³-hybridized carbons (Fsp3) is 0.125. The average molecular weight is 318 g/mol. The highest BCUT2D eigenvalue weighted by atomic mass is 35.5. The van der Waals surface area contributed by atoms with Crippen LogP contribution in [0.15, 0.2) is 53.6 Å². The molecule has 0 aliphatic carbocycles. The van der Waals surface area contributed by atoms with E-state index in [0.29, 0.717) is 5.02 Å². The normalized spacial score (nSPS) is 10.5. The van der Waals surface area contributed by atoms with E-state index in [1.54, 1.807) is 37.6 Å². The standard InChI is InChI=1S/C16H16ClN3O2/c1-22-15-8-2-12(3-9-15)10-19-20-16(21)11-18-14-6-4-13(17)5-7-14/h2-10,18H,11H2,1H3,(H,20,21)/b19-10-. The van der Waals surface area contributed by atoms with Crippen molar-refractivity contribution < 1.29 is 9.53 Å². The Morgan fingerprint density at radius 1 is 1.18 bits per heavy atom. The van der Waals surface area contributed by atoms with Gasteiger partial charge >= 0.3 is 0 Å². The van der Waals surface area contributed by atoms with Gasteiger partial charge in [-0.3, -0.25) is 4.79 Å². The van der Waals surface area contributed by atoms with Gasteiger partial charge in [0.2, 0.25) is 0 Å². The van der Waals surface area contributed by atoms with Crippen LogP contribution < -0.4 is 15.5 Å². The lowest BCUT2D eigenvalue weighted by Crippen LogP contribution is -2.25. The van der Waals surface area contributed by atoms with Crippen molar-refractivity contribution in [1.82, 2.24) is 5.43 Å². The van der Waals surface area contributed by atoms with E-state index in [2.05, 4.69) is 15.8 Å². The van der Waals surface area contributed by atoms with E-state index in [9.17, 15) is 4.79 Å². The van der Waals surface area contributed by atoms with Gasteiger partial charge in [0.15, 0.2) is 0 Å². The molecule has 2 aromatic carbocycles. The zero-order valence-electron chi connectivity index (χ0n) is 12.0. The highest BCUT2D eigenvalue weighted by Gasteiger charge is 1.99. The van der Waals surface area contributed by atoms with Crippen LogP contribution in [0.1, 0.15) is 5.56 Å². The Morgan fingerprint density at radius 2 is 1.86 bits per heavy atom. The summed E-state index contributed by atoms with van der Waals surface area (Å²) in [6.45, 7) is 0.127. The van der Waals surface area contributed by atoms with Crippen molar-refractivity contribution in [2.75, 3.05) is 19.0 Å². The first-order chi connectivity index (χ1) is 10.7. The largest absolute Gasteiger partial charge is 0.497 e. The maximum Gasteiger partial charge on any atom is 0.259 e. The second kappa shape index (κ2) is 8.05. The SMILES string of the molecule is COc1ccc(/C=N\NC(=O)CNc2ccc(Cl)cc2)cc1. The van der Waals surface area contributed by atoms with E-state index in [0.717, 1.165) is 17.0 Å². The minimum absolute atomic E-state index is 0.127. The molecule has 0 heterocycles. The Hall–Kier alpha value is -2.53. The predicted molar refractivity (Wildman–Crippen MR) is 88.7 cm³/mol. The van der Waals surface area contributed by atoms with Crippen molar-refractivity contribution in [2.24, 2.45) is 5.10 Å². The molecule has 0 aliphatic heterocycles. The van der Waals surface area contributed by atoms with Crippen LogP contribution in [-0.2, 0) is 4.79 Å². The summed E-state index contributed by atoms with van der Waals surface area (Å²) in [4.78, 5) is 11.6. The molecule has 0 bridgehead atoms. The van der Waals surface area contributed by atoms with E-state index in [-0.39, 0.29) is 12.5 Å². The highest BCUT2D eigenvalue weighted by molar-refractivity contribution is 6.30. The maximum atomic E-state index is 11.6. The van der Waals surface area contributed by atoms with Crippen molar-refractivity contribution in [1.29, 1.82) is 0 Å². The van der Waals surface area contributed by atoms with Crippen LogP contribution in [0, 0.1) is 0 Å². The molecule has 0 atom stereocenters. The summed E-state index contributed by atoms with van der Waals surface area (Å²) in [5.74, 6) is 0.535. The predicted octanol–water partition coefficient (Wildman–Crippen LogP) is 2.91. The number of hydrazone groups is 1. The number of amides is 1. The number of rotatable bonds is 6. The number of nitrogens with zero attached hydrogens (tertiary/aromatic N) is 1. The number of methoxy groups -OCH3 is 1.